The third kappa shape index (κ3) is 7.13. The van der Waals surface area contributed by atoms with Crippen molar-refractivity contribution in [3.05, 3.63) is 107 Å². The molecule has 1 saturated heterocycles. The summed E-state index contributed by atoms with van der Waals surface area (Å²) in [7, 11) is 0. The number of benzene rings is 3. The highest BCUT2D eigenvalue weighted by Crippen LogP contribution is 2.44. The van der Waals surface area contributed by atoms with E-state index in [1.165, 1.54) is 6.92 Å². The Morgan fingerprint density at radius 3 is 1.78 bits per heavy atom. The molecule has 2 fully saturated rings. The molecule has 1 heterocycles. The fourth-order valence-electron chi connectivity index (χ4n) is 7.27. The van der Waals surface area contributed by atoms with Crippen LogP contribution in [0.2, 0.25) is 0 Å². The quantitative estimate of drug-likeness (QED) is 0.254. The van der Waals surface area contributed by atoms with Crippen LogP contribution in [-0.2, 0) is 22.6 Å². The van der Waals surface area contributed by atoms with E-state index in [2.05, 4.69) is 17.1 Å². The molecule has 0 spiro atoms. The number of hydrogen-bond donors (Lipinski definition) is 2. The van der Waals surface area contributed by atoms with Crippen LogP contribution in [0.25, 0.3) is 0 Å². The van der Waals surface area contributed by atoms with E-state index in [4.69, 9.17) is 0 Å². The second kappa shape index (κ2) is 13.0. The van der Waals surface area contributed by atoms with E-state index in [0.717, 1.165) is 24.2 Å². The summed E-state index contributed by atoms with van der Waals surface area (Å²) in [6, 6.07) is 19.7. The van der Waals surface area contributed by atoms with E-state index in [0.29, 0.717) is 50.7 Å². The first-order chi connectivity index (χ1) is 21.6. The van der Waals surface area contributed by atoms with Gasteiger partial charge in [0.15, 0.2) is 0 Å². The normalized spacial score (nSPS) is 23.8. The molecule has 2 aliphatic rings. The van der Waals surface area contributed by atoms with Crippen molar-refractivity contribution in [1.29, 1.82) is 0 Å². The van der Waals surface area contributed by atoms with Crippen LogP contribution in [0.1, 0.15) is 92.1 Å². The molecule has 0 bridgehead atoms. The predicted molar refractivity (Wildman–Crippen MR) is 164 cm³/mol. The van der Waals surface area contributed by atoms with E-state index >= 15 is 0 Å². The van der Waals surface area contributed by atoms with Crippen LogP contribution in [0.15, 0.2) is 78.9 Å². The van der Waals surface area contributed by atoms with Gasteiger partial charge in [0.2, 0.25) is 5.91 Å². The Morgan fingerprint density at radius 2 is 1.28 bits per heavy atom. The van der Waals surface area contributed by atoms with E-state index < -0.39 is 46.4 Å². The molecule has 1 amide bonds. The number of rotatable bonds is 7. The monoisotopic (exact) mass is 646 g/mol. The van der Waals surface area contributed by atoms with E-state index in [9.17, 15) is 36.2 Å². The molecule has 3 aromatic carbocycles. The number of hydrogen-bond acceptors (Lipinski definition) is 3. The number of carbonyl (C=O) groups is 1. The lowest BCUT2D eigenvalue weighted by Crippen LogP contribution is -2.54. The highest BCUT2D eigenvalue weighted by molar-refractivity contribution is 5.88. The fourth-order valence-corrected chi connectivity index (χ4v) is 7.27. The molecule has 1 saturated carbocycles. The Hall–Kier alpha value is -3.37. The maximum Gasteiger partial charge on any atom is 0.416 e. The average Bonchev–Trinajstić information content (AvgIpc) is 3.04. The molecule has 46 heavy (non-hydrogen) atoms. The zero-order chi connectivity index (χ0) is 33.3. The summed E-state index contributed by atoms with van der Waals surface area (Å²) in [6.45, 7) is 4.90. The molecule has 1 aliphatic heterocycles. The van der Waals surface area contributed by atoms with Gasteiger partial charge in [-0.1, -0.05) is 67.6 Å². The zero-order valence-corrected chi connectivity index (χ0v) is 26.0. The number of carbonyl (C=O) groups excluding carboxylic acids is 1. The van der Waals surface area contributed by atoms with Gasteiger partial charge in [-0.2, -0.15) is 26.3 Å². The minimum Gasteiger partial charge on any atom is -0.389 e. The second-order valence-electron chi connectivity index (χ2n) is 13.0. The SMILES string of the molecule is CC(NC(=O)C1(c2ccccc2)CCC(N2CCC(O)(C(C)c3ccccc3)CC2)CC1)c1cc(C(F)(F)F)cc(C(F)(F)F)c1. The maximum atomic E-state index is 14.0. The molecule has 2 atom stereocenters. The van der Waals surface area contributed by atoms with Crippen LogP contribution in [0.3, 0.4) is 0 Å². The summed E-state index contributed by atoms with van der Waals surface area (Å²) in [6.07, 6.45) is -6.40. The maximum absolute atomic E-state index is 14.0. The number of alkyl halides is 6. The molecule has 0 aromatic heterocycles. The van der Waals surface area contributed by atoms with Gasteiger partial charge in [0.05, 0.1) is 28.2 Å². The number of amides is 1. The zero-order valence-electron chi connectivity index (χ0n) is 26.0. The molecular formula is C36H40F6N2O2. The lowest BCUT2D eigenvalue weighted by Gasteiger charge is -2.48. The highest BCUT2D eigenvalue weighted by atomic mass is 19.4. The molecule has 4 nitrogen and oxygen atoms in total. The third-order valence-electron chi connectivity index (χ3n) is 10.3. The lowest BCUT2D eigenvalue weighted by atomic mass is 9.66. The molecule has 2 N–H and O–H groups in total. The standard InChI is InChI=1S/C36H40F6N2O2/c1-24(26-9-5-3-6-10-26)34(46)17-19-44(20-18-34)31-13-15-33(16-14-31,28-11-7-4-8-12-28)32(45)43-25(2)27-21-29(35(37,38)39)23-30(22-27)36(40,41)42/h3-12,21-25,31,46H,13-20H2,1-2H3,(H,43,45). The van der Waals surface area contributed by atoms with Crippen LogP contribution < -0.4 is 5.32 Å². The number of halogens is 6. The Balaban J connectivity index is 1.31. The summed E-state index contributed by atoms with van der Waals surface area (Å²) in [5.41, 5.74) is -3.03. The van der Waals surface area contributed by atoms with E-state index in [-0.39, 0.29) is 23.6 Å². The van der Waals surface area contributed by atoms with Gasteiger partial charge in [0.25, 0.3) is 0 Å². The molecule has 3 aromatic rings. The van der Waals surface area contributed by atoms with Gasteiger partial charge < -0.3 is 15.3 Å². The van der Waals surface area contributed by atoms with Crippen LogP contribution in [-0.4, -0.2) is 40.6 Å². The summed E-state index contributed by atoms with van der Waals surface area (Å²) in [5.74, 6) is -0.428. The van der Waals surface area contributed by atoms with Crippen LogP contribution >= 0.6 is 0 Å². The second-order valence-corrected chi connectivity index (χ2v) is 13.0. The predicted octanol–water partition coefficient (Wildman–Crippen LogP) is 8.41. The van der Waals surface area contributed by atoms with Crippen molar-refractivity contribution in [2.45, 2.75) is 93.7 Å². The van der Waals surface area contributed by atoms with Gasteiger partial charge in [-0.05, 0) is 80.3 Å². The summed E-state index contributed by atoms with van der Waals surface area (Å²) in [4.78, 5) is 16.4. The summed E-state index contributed by atoms with van der Waals surface area (Å²) >= 11 is 0. The molecule has 0 radical (unpaired) electrons. The van der Waals surface area contributed by atoms with E-state index in [1.807, 2.05) is 60.7 Å². The number of aliphatic hydroxyl groups is 1. The number of likely N-dealkylation sites (tertiary alicyclic amines) is 1. The molecule has 1 aliphatic carbocycles. The van der Waals surface area contributed by atoms with Gasteiger partial charge in [-0.25, -0.2) is 0 Å². The van der Waals surface area contributed by atoms with Gasteiger partial charge in [-0.15, -0.1) is 0 Å². The van der Waals surface area contributed by atoms with Crippen molar-refractivity contribution in [1.82, 2.24) is 10.2 Å². The Kier molecular flexibility index (Phi) is 9.62. The lowest BCUT2D eigenvalue weighted by molar-refractivity contribution is -0.143. The smallest absolute Gasteiger partial charge is 0.389 e. The first kappa shape index (κ1) is 34.0. The summed E-state index contributed by atoms with van der Waals surface area (Å²) in [5, 5.41) is 14.3. The topological polar surface area (TPSA) is 52.6 Å². The Labute approximate surface area is 265 Å². The Morgan fingerprint density at radius 1 is 0.783 bits per heavy atom. The van der Waals surface area contributed by atoms with Gasteiger partial charge in [-0.3, -0.25) is 4.79 Å². The first-order valence-electron chi connectivity index (χ1n) is 15.8. The molecule has 2 unspecified atom stereocenters. The first-order valence-corrected chi connectivity index (χ1v) is 15.8. The van der Waals surface area contributed by atoms with Crippen molar-refractivity contribution < 1.29 is 36.2 Å². The number of piperidine rings is 1. The minimum absolute atomic E-state index is 0.0114. The Bertz CT molecular complexity index is 1440. The van der Waals surface area contributed by atoms with Crippen molar-refractivity contribution in [2.75, 3.05) is 13.1 Å². The third-order valence-corrected chi connectivity index (χ3v) is 10.3. The molecular weight excluding hydrogens is 606 g/mol. The number of nitrogens with one attached hydrogen (secondary N) is 1. The average molecular weight is 647 g/mol. The minimum atomic E-state index is -4.98. The van der Waals surface area contributed by atoms with Gasteiger partial charge in [0.1, 0.15) is 0 Å². The number of nitrogens with zero attached hydrogens (tertiary/aromatic N) is 1. The highest BCUT2D eigenvalue weighted by Gasteiger charge is 2.46. The molecule has 248 valence electrons. The van der Waals surface area contributed by atoms with Crippen molar-refractivity contribution in [3.8, 4) is 0 Å². The van der Waals surface area contributed by atoms with Crippen molar-refractivity contribution >= 4 is 5.91 Å². The van der Waals surface area contributed by atoms with Crippen molar-refractivity contribution in [2.24, 2.45) is 0 Å². The molecule has 5 rings (SSSR count). The fraction of sp³-hybridized carbons (Fsp3) is 0.472. The van der Waals surface area contributed by atoms with Crippen LogP contribution in [0.5, 0.6) is 0 Å². The molecule has 10 heteroatoms. The van der Waals surface area contributed by atoms with E-state index in [1.54, 1.807) is 0 Å². The van der Waals surface area contributed by atoms with Crippen LogP contribution in [0.4, 0.5) is 26.3 Å². The van der Waals surface area contributed by atoms with Gasteiger partial charge >= 0.3 is 12.4 Å². The van der Waals surface area contributed by atoms with Crippen molar-refractivity contribution in [3.63, 3.8) is 0 Å². The largest absolute Gasteiger partial charge is 0.416 e. The van der Waals surface area contributed by atoms with Crippen LogP contribution in [0, 0.1) is 0 Å². The van der Waals surface area contributed by atoms with Gasteiger partial charge in [0, 0.05) is 25.0 Å². The summed E-state index contributed by atoms with van der Waals surface area (Å²) < 4.78 is 81.1.